The Hall–Kier alpha value is -3.18. The van der Waals surface area contributed by atoms with Crippen LogP contribution in [0.4, 0.5) is 10.1 Å². The zero-order valence-electron chi connectivity index (χ0n) is 17.7. The molecule has 0 unspecified atom stereocenters. The molecule has 0 radical (unpaired) electrons. The molecule has 2 heterocycles. The first-order valence-electron chi connectivity index (χ1n) is 9.99. The van der Waals surface area contributed by atoms with E-state index in [4.69, 9.17) is 4.74 Å². The molecule has 1 fully saturated rings. The molecule has 1 aliphatic heterocycles. The minimum absolute atomic E-state index is 0.0784. The van der Waals surface area contributed by atoms with E-state index in [2.05, 4.69) is 0 Å². The number of hydrogen-bond acceptors (Lipinski definition) is 5. The van der Waals surface area contributed by atoms with Gasteiger partial charge in [-0.1, -0.05) is 0 Å². The fourth-order valence-electron chi connectivity index (χ4n) is 3.73. The number of morpholine rings is 1. The summed E-state index contributed by atoms with van der Waals surface area (Å²) in [5.41, 5.74) is 0.897. The molecule has 0 saturated carbocycles. The zero-order valence-corrected chi connectivity index (χ0v) is 18.5. The number of benzene rings is 2. The molecule has 0 bridgehead atoms. The number of ether oxygens (including phenoxy) is 1. The third-order valence-electron chi connectivity index (χ3n) is 5.59. The van der Waals surface area contributed by atoms with Gasteiger partial charge in [0.2, 0.25) is 5.91 Å². The van der Waals surface area contributed by atoms with Crippen LogP contribution in [0.15, 0.2) is 52.2 Å². The molecule has 32 heavy (non-hydrogen) atoms. The van der Waals surface area contributed by atoms with Gasteiger partial charge in [-0.05, 0) is 42.5 Å². The smallest absolute Gasteiger partial charge is 0.328 e. The average Bonchev–Trinajstić information content (AvgIpc) is 3.02. The molecule has 0 spiro atoms. The third kappa shape index (κ3) is 3.89. The lowest BCUT2D eigenvalue weighted by Gasteiger charge is -2.30. The molecule has 1 saturated heterocycles. The van der Waals surface area contributed by atoms with Crippen molar-refractivity contribution >= 4 is 32.7 Å². The van der Waals surface area contributed by atoms with E-state index in [0.29, 0.717) is 37.3 Å². The molecule has 4 rings (SSSR count). The summed E-state index contributed by atoms with van der Waals surface area (Å²) >= 11 is 0. The van der Waals surface area contributed by atoms with E-state index < -0.39 is 22.4 Å². The van der Waals surface area contributed by atoms with Crippen molar-refractivity contribution in [1.29, 1.82) is 0 Å². The Morgan fingerprint density at radius 3 is 2.31 bits per heavy atom. The van der Waals surface area contributed by atoms with E-state index in [0.717, 1.165) is 16.4 Å². The molecule has 0 N–H and O–H groups in total. The van der Waals surface area contributed by atoms with Gasteiger partial charge in [-0.15, -0.1) is 0 Å². The predicted octanol–water partition coefficient (Wildman–Crippen LogP) is 1.07. The monoisotopic (exact) mass is 462 g/mol. The highest BCUT2D eigenvalue weighted by Gasteiger charge is 2.30. The Kier molecular flexibility index (Phi) is 5.78. The molecule has 11 heteroatoms. The number of fused-ring (bicyclic) bond motifs is 1. The van der Waals surface area contributed by atoms with Crippen molar-refractivity contribution < 1.29 is 22.3 Å². The molecule has 0 aliphatic carbocycles. The third-order valence-corrected chi connectivity index (χ3v) is 7.36. The van der Waals surface area contributed by atoms with Crippen LogP contribution in [0.3, 0.4) is 0 Å². The van der Waals surface area contributed by atoms with Crippen molar-refractivity contribution in [2.24, 2.45) is 14.1 Å². The number of carbonyl (C=O) groups excluding carboxylic acids is 1. The first-order chi connectivity index (χ1) is 15.2. The summed E-state index contributed by atoms with van der Waals surface area (Å²) in [5.74, 6) is -0.902. The fourth-order valence-corrected chi connectivity index (χ4v) is 5.17. The van der Waals surface area contributed by atoms with Crippen molar-refractivity contribution in [1.82, 2.24) is 14.0 Å². The molecule has 1 aromatic heterocycles. The molecule has 2 aromatic carbocycles. The Balaban J connectivity index is 1.77. The van der Waals surface area contributed by atoms with Gasteiger partial charge in [-0.25, -0.2) is 17.6 Å². The van der Waals surface area contributed by atoms with E-state index in [1.807, 2.05) is 0 Å². The highest BCUT2D eigenvalue weighted by Crippen LogP contribution is 2.26. The fraction of sp³-hybridized carbons (Fsp3) is 0.333. The number of halogens is 1. The Bertz CT molecular complexity index is 1320. The number of aromatic nitrogens is 2. The topological polar surface area (TPSA) is 93.8 Å². The maximum absolute atomic E-state index is 13.6. The van der Waals surface area contributed by atoms with E-state index >= 15 is 0 Å². The number of aryl methyl sites for hydroxylation is 2. The average molecular weight is 463 g/mol. The SMILES string of the molecule is Cn1c(=O)n(C)c2cc(S(=O)(=O)N(CC(=O)N3CCOCC3)c3ccc(F)cc3)ccc21. The van der Waals surface area contributed by atoms with Crippen LogP contribution in [0.25, 0.3) is 11.0 Å². The largest absolute Gasteiger partial charge is 0.378 e. The maximum atomic E-state index is 13.6. The standard InChI is InChI=1S/C21H23FN4O5S/c1-23-18-8-7-17(13-19(18)24(2)21(23)28)32(29,30)26(16-5-3-15(22)4-6-16)14-20(27)25-9-11-31-12-10-25/h3-8,13H,9-12,14H2,1-2H3. The summed E-state index contributed by atoms with van der Waals surface area (Å²) in [7, 11) is -1.05. The lowest BCUT2D eigenvalue weighted by Crippen LogP contribution is -2.47. The molecule has 3 aromatic rings. The second-order valence-electron chi connectivity index (χ2n) is 7.53. The van der Waals surface area contributed by atoms with Gasteiger partial charge >= 0.3 is 5.69 Å². The van der Waals surface area contributed by atoms with Gasteiger partial charge in [0.1, 0.15) is 12.4 Å². The lowest BCUT2D eigenvalue weighted by molar-refractivity contribution is -0.133. The summed E-state index contributed by atoms with van der Waals surface area (Å²) < 4.78 is 49.7. The first-order valence-corrected chi connectivity index (χ1v) is 11.4. The highest BCUT2D eigenvalue weighted by atomic mass is 32.2. The summed E-state index contributed by atoms with van der Waals surface area (Å²) in [6, 6.07) is 9.26. The number of carbonyl (C=O) groups is 1. The van der Waals surface area contributed by atoms with Gasteiger partial charge < -0.3 is 9.64 Å². The van der Waals surface area contributed by atoms with Gasteiger partial charge in [0.25, 0.3) is 10.0 Å². The van der Waals surface area contributed by atoms with Crippen LogP contribution in [0.5, 0.6) is 0 Å². The minimum Gasteiger partial charge on any atom is -0.378 e. The van der Waals surface area contributed by atoms with Crippen LogP contribution in [0.1, 0.15) is 0 Å². The van der Waals surface area contributed by atoms with E-state index in [1.54, 1.807) is 25.1 Å². The van der Waals surface area contributed by atoms with Crippen molar-refractivity contribution in [2.45, 2.75) is 4.90 Å². The van der Waals surface area contributed by atoms with Crippen molar-refractivity contribution in [3.05, 3.63) is 58.8 Å². The summed E-state index contributed by atoms with van der Waals surface area (Å²) in [6.07, 6.45) is 0. The lowest BCUT2D eigenvalue weighted by atomic mass is 10.3. The number of hydrogen-bond donors (Lipinski definition) is 0. The van der Waals surface area contributed by atoms with Gasteiger partial charge in [0.15, 0.2) is 0 Å². The molecular weight excluding hydrogens is 439 g/mol. The normalized spacial score (nSPS) is 14.7. The van der Waals surface area contributed by atoms with Crippen molar-refractivity contribution in [3.63, 3.8) is 0 Å². The van der Waals surface area contributed by atoms with Gasteiger partial charge in [0, 0.05) is 27.2 Å². The van der Waals surface area contributed by atoms with Gasteiger partial charge in [-0.3, -0.25) is 18.2 Å². The van der Waals surface area contributed by atoms with Crippen LogP contribution in [0.2, 0.25) is 0 Å². The van der Waals surface area contributed by atoms with Crippen molar-refractivity contribution in [2.75, 3.05) is 37.2 Å². The van der Waals surface area contributed by atoms with Crippen LogP contribution in [-0.2, 0) is 33.7 Å². The quantitative estimate of drug-likeness (QED) is 0.566. The summed E-state index contributed by atoms with van der Waals surface area (Å²) in [5, 5.41) is 0. The van der Waals surface area contributed by atoms with E-state index in [-0.39, 0.29) is 22.2 Å². The molecule has 9 nitrogen and oxygen atoms in total. The molecule has 1 aliphatic rings. The second-order valence-corrected chi connectivity index (χ2v) is 9.39. The van der Waals surface area contributed by atoms with Crippen LogP contribution < -0.4 is 9.99 Å². The van der Waals surface area contributed by atoms with E-state index in [1.165, 1.54) is 33.4 Å². The Labute approximate surface area is 184 Å². The van der Waals surface area contributed by atoms with Crippen molar-refractivity contribution in [3.8, 4) is 0 Å². The molecular formula is C21H23FN4O5S. The number of nitrogens with zero attached hydrogens (tertiary/aromatic N) is 4. The molecule has 170 valence electrons. The number of amides is 1. The van der Waals surface area contributed by atoms with Gasteiger partial charge in [0.05, 0.1) is 34.8 Å². The Morgan fingerprint density at radius 2 is 1.66 bits per heavy atom. The Morgan fingerprint density at radius 1 is 1.03 bits per heavy atom. The number of rotatable bonds is 5. The zero-order chi connectivity index (χ0) is 23.0. The minimum atomic E-state index is -4.21. The number of imidazole rings is 1. The van der Waals surface area contributed by atoms with Gasteiger partial charge in [-0.2, -0.15) is 0 Å². The number of anilines is 1. The molecule has 0 atom stereocenters. The molecule has 1 amide bonds. The second kappa shape index (κ2) is 8.40. The number of sulfonamides is 1. The summed E-state index contributed by atoms with van der Waals surface area (Å²) in [6.45, 7) is 1.06. The van der Waals surface area contributed by atoms with Crippen LogP contribution in [-0.4, -0.2) is 61.2 Å². The van der Waals surface area contributed by atoms with Crippen LogP contribution >= 0.6 is 0 Å². The van der Waals surface area contributed by atoms with Crippen LogP contribution in [0, 0.1) is 5.82 Å². The maximum Gasteiger partial charge on any atom is 0.328 e. The first kappa shape index (κ1) is 22.0. The van der Waals surface area contributed by atoms with E-state index in [9.17, 15) is 22.4 Å². The predicted molar refractivity (Wildman–Crippen MR) is 116 cm³/mol. The summed E-state index contributed by atoms with van der Waals surface area (Å²) in [4.78, 5) is 26.6. The highest BCUT2D eigenvalue weighted by molar-refractivity contribution is 7.92.